The van der Waals surface area contributed by atoms with Crippen LogP contribution in [-0.2, 0) is 7.05 Å². The largest absolute Gasteiger partial charge is 0.353 e. The zero-order chi connectivity index (χ0) is 17.9. The number of benzene rings is 1. The van der Waals surface area contributed by atoms with E-state index in [1.54, 1.807) is 10.9 Å². The quantitative estimate of drug-likeness (QED) is 0.719. The van der Waals surface area contributed by atoms with Crippen LogP contribution in [0.5, 0.6) is 0 Å². The molecule has 0 radical (unpaired) electrons. The van der Waals surface area contributed by atoms with Crippen molar-refractivity contribution in [1.82, 2.24) is 19.2 Å². The van der Waals surface area contributed by atoms with Gasteiger partial charge in [-0.2, -0.15) is 5.10 Å². The number of para-hydroxylation sites is 1. The van der Waals surface area contributed by atoms with Crippen LogP contribution < -0.4 is 0 Å². The summed E-state index contributed by atoms with van der Waals surface area (Å²) in [7, 11) is 2.05. The molecule has 3 heterocycles. The van der Waals surface area contributed by atoms with Gasteiger partial charge in [-0.15, -0.1) is 0 Å². The number of carbonyl (C=O) groups is 1. The van der Waals surface area contributed by atoms with Gasteiger partial charge in [-0.25, -0.2) is 4.68 Å². The Hall–Kier alpha value is -2.82. The van der Waals surface area contributed by atoms with Crippen LogP contribution in [0.3, 0.4) is 0 Å². The molecule has 5 heteroatoms. The fourth-order valence-electron chi connectivity index (χ4n) is 3.80. The molecule has 0 saturated carbocycles. The van der Waals surface area contributed by atoms with Crippen molar-refractivity contribution in [2.75, 3.05) is 6.54 Å². The zero-order valence-corrected chi connectivity index (χ0v) is 15.1. The molecule has 3 aromatic rings. The standard InChI is InChI=1S/C21H24N4O/c1-23-13-8-12-19(23)20-11-6-3-7-14-24(20)21(26)17-15-22-25(16-17)18-9-4-2-5-10-18/h2,4-5,8-10,12-13,15-16,20H,3,6-7,11,14H2,1H3. The van der Waals surface area contributed by atoms with Gasteiger partial charge < -0.3 is 9.47 Å². The highest BCUT2D eigenvalue weighted by molar-refractivity contribution is 5.94. The molecular formula is C21H24N4O. The first kappa shape index (κ1) is 16.6. The van der Waals surface area contributed by atoms with E-state index in [0.29, 0.717) is 5.56 Å². The molecule has 1 amide bonds. The number of hydrogen-bond donors (Lipinski definition) is 0. The van der Waals surface area contributed by atoms with E-state index in [1.807, 2.05) is 41.4 Å². The first-order chi connectivity index (χ1) is 12.7. The van der Waals surface area contributed by atoms with Gasteiger partial charge >= 0.3 is 0 Å². The molecule has 0 N–H and O–H groups in total. The van der Waals surface area contributed by atoms with E-state index >= 15 is 0 Å². The van der Waals surface area contributed by atoms with Crippen molar-refractivity contribution in [3.8, 4) is 5.69 Å². The first-order valence-electron chi connectivity index (χ1n) is 9.26. The lowest BCUT2D eigenvalue weighted by atomic mass is 10.1. The Morgan fingerprint density at radius 3 is 2.69 bits per heavy atom. The summed E-state index contributed by atoms with van der Waals surface area (Å²) in [4.78, 5) is 15.3. The van der Waals surface area contributed by atoms with Crippen LogP contribution in [0.25, 0.3) is 5.69 Å². The van der Waals surface area contributed by atoms with Crippen LogP contribution in [0.2, 0.25) is 0 Å². The third-order valence-corrected chi connectivity index (χ3v) is 5.19. The number of hydrogen-bond acceptors (Lipinski definition) is 2. The third-order valence-electron chi connectivity index (χ3n) is 5.19. The third kappa shape index (κ3) is 3.17. The predicted molar refractivity (Wildman–Crippen MR) is 101 cm³/mol. The molecule has 0 aliphatic carbocycles. The van der Waals surface area contributed by atoms with Crippen LogP contribution in [0.15, 0.2) is 61.1 Å². The number of aryl methyl sites for hydroxylation is 1. The molecule has 2 aromatic heterocycles. The summed E-state index contributed by atoms with van der Waals surface area (Å²) in [6.45, 7) is 0.797. The van der Waals surface area contributed by atoms with E-state index in [2.05, 4.69) is 35.0 Å². The minimum atomic E-state index is 0.0697. The lowest BCUT2D eigenvalue weighted by molar-refractivity contribution is 0.0674. The van der Waals surface area contributed by atoms with Gasteiger partial charge in [0.1, 0.15) is 0 Å². The van der Waals surface area contributed by atoms with Gasteiger partial charge in [0.25, 0.3) is 5.91 Å². The second-order valence-corrected chi connectivity index (χ2v) is 6.92. The summed E-state index contributed by atoms with van der Waals surface area (Å²) in [5, 5.41) is 4.40. The summed E-state index contributed by atoms with van der Waals surface area (Å²) >= 11 is 0. The molecule has 1 unspecified atom stereocenters. The molecule has 1 fully saturated rings. The molecule has 0 bridgehead atoms. The summed E-state index contributed by atoms with van der Waals surface area (Å²) in [5.74, 6) is 0.0697. The lowest BCUT2D eigenvalue weighted by Crippen LogP contribution is -2.35. The number of carbonyl (C=O) groups excluding carboxylic acids is 1. The van der Waals surface area contributed by atoms with Crippen molar-refractivity contribution in [3.05, 3.63) is 72.3 Å². The van der Waals surface area contributed by atoms with Gasteiger partial charge in [-0.05, 0) is 37.1 Å². The summed E-state index contributed by atoms with van der Waals surface area (Å²) in [6.07, 6.45) is 9.97. The Morgan fingerprint density at radius 1 is 1.08 bits per heavy atom. The molecule has 4 rings (SSSR count). The molecular weight excluding hydrogens is 324 g/mol. The van der Waals surface area contributed by atoms with Gasteiger partial charge in [0.15, 0.2) is 0 Å². The van der Waals surface area contributed by atoms with E-state index in [1.165, 1.54) is 12.1 Å². The van der Waals surface area contributed by atoms with Crippen molar-refractivity contribution in [1.29, 1.82) is 0 Å². The number of nitrogens with zero attached hydrogens (tertiary/aromatic N) is 4. The van der Waals surface area contributed by atoms with Crippen molar-refractivity contribution in [3.63, 3.8) is 0 Å². The Kier molecular flexibility index (Phi) is 4.61. The van der Waals surface area contributed by atoms with E-state index in [4.69, 9.17) is 0 Å². The normalized spacial score (nSPS) is 17.9. The number of likely N-dealkylation sites (tertiary alicyclic amines) is 1. The maximum Gasteiger partial charge on any atom is 0.257 e. The average Bonchev–Trinajstić information content (AvgIpc) is 3.26. The van der Waals surface area contributed by atoms with Crippen LogP contribution in [0.1, 0.15) is 47.8 Å². The highest BCUT2D eigenvalue weighted by Crippen LogP contribution is 2.31. The fraction of sp³-hybridized carbons (Fsp3) is 0.333. The monoisotopic (exact) mass is 348 g/mol. The Labute approximate surface area is 153 Å². The molecule has 1 aromatic carbocycles. The van der Waals surface area contributed by atoms with E-state index < -0.39 is 0 Å². The van der Waals surface area contributed by atoms with Crippen molar-refractivity contribution in [2.24, 2.45) is 7.05 Å². The van der Waals surface area contributed by atoms with Gasteiger partial charge in [0, 0.05) is 31.7 Å². The number of amides is 1. The average molecular weight is 348 g/mol. The Balaban J connectivity index is 1.63. The number of aromatic nitrogens is 3. The predicted octanol–water partition coefficient (Wildman–Crippen LogP) is 3.97. The van der Waals surface area contributed by atoms with Gasteiger partial charge in [0.05, 0.1) is 23.5 Å². The van der Waals surface area contributed by atoms with Crippen LogP contribution in [0.4, 0.5) is 0 Å². The van der Waals surface area contributed by atoms with Gasteiger partial charge in [0.2, 0.25) is 0 Å². The van der Waals surface area contributed by atoms with Crippen molar-refractivity contribution >= 4 is 5.91 Å². The maximum atomic E-state index is 13.3. The van der Waals surface area contributed by atoms with Crippen LogP contribution >= 0.6 is 0 Å². The molecule has 1 aliphatic heterocycles. The highest BCUT2D eigenvalue weighted by Gasteiger charge is 2.29. The molecule has 0 spiro atoms. The SMILES string of the molecule is Cn1cccc1C1CCCCCN1C(=O)c1cnn(-c2ccccc2)c1. The minimum absolute atomic E-state index is 0.0697. The van der Waals surface area contributed by atoms with E-state index in [-0.39, 0.29) is 11.9 Å². The molecule has 1 aliphatic rings. The molecule has 134 valence electrons. The first-order valence-corrected chi connectivity index (χ1v) is 9.26. The van der Waals surface area contributed by atoms with Crippen molar-refractivity contribution in [2.45, 2.75) is 31.7 Å². The van der Waals surface area contributed by atoms with Crippen LogP contribution in [-0.4, -0.2) is 31.7 Å². The Morgan fingerprint density at radius 2 is 1.92 bits per heavy atom. The number of rotatable bonds is 3. The van der Waals surface area contributed by atoms with Gasteiger partial charge in [-0.3, -0.25) is 4.79 Å². The summed E-state index contributed by atoms with van der Waals surface area (Å²) < 4.78 is 3.90. The fourth-order valence-corrected chi connectivity index (χ4v) is 3.80. The molecule has 1 atom stereocenters. The lowest BCUT2D eigenvalue weighted by Gasteiger charge is -2.30. The zero-order valence-electron chi connectivity index (χ0n) is 15.1. The minimum Gasteiger partial charge on any atom is -0.353 e. The van der Waals surface area contributed by atoms with Crippen molar-refractivity contribution < 1.29 is 4.79 Å². The van der Waals surface area contributed by atoms with E-state index in [0.717, 1.165) is 31.5 Å². The smallest absolute Gasteiger partial charge is 0.257 e. The summed E-state index contributed by atoms with van der Waals surface area (Å²) in [5.41, 5.74) is 2.81. The molecule has 5 nitrogen and oxygen atoms in total. The second-order valence-electron chi connectivity index (χ2n) is 6.92. The second kappa shape index (κ2) is 7.20. The topological polar surface area (TPSA) is 43.1 Å². The maximum absolute atomic E-state index is 13.3. The van der Waals surface area contributed by atoms with Gasteiger partial charge in [-0.1, -0.05) is 31.0 Å². The molecule has 1 saturated heterocycles. The van der Waals surface area contributed by atoms with Crippen LogP contribution in [0, 0.1) is 0 Å². The highest BCUT2D eigenvalue weighted by atomic mass is 16.2. The molecule has 26 heavy (non-hydrogen) atoms. The summed E-state index contributed by atoms with van der Waals surface area (Å²) in [6, 6.07) is 14.2. The van der Waals surface area contributed by atoms with E-state index in [9.17, 15) is 4.79 Å². The Bertz CT molecular complexity index is 880.